The Morgan fingerprint density at radius 1 is 1.09 bits per heavy atom. The molecule has 0 bridgehead atoms. The summed E-state index contributed by atoms with van der Waals surface area (Å²) < 4.78 is 26.7. The first-order chi connectivity index (χ1) is 11.0. The molecule has 1 aromatic heterocycles. The van der Waals surface area contributed by atoms with Crippen LogP contribution < -0.4 is 10.5 Å². The van der Waals surface area contributed by atoms with Gasteiger partial charge in [0.05, 0.1) is 4.90 Å². The van der Waals surface area contributed by atoms with Crippen molar-refractivity contribution >= 4 is 26.8 Å². The molecule has 0 aliphatic heterocycles. The van der Waals surface area contributed by atoms with Gasteiger partial charge in [0.1, 0.15) is 0 Å². The van der Waals surface area contributed by atoms with E-state index in [1.807, 2.05) is 6.07 Å². The van der Waals surface area contributed by atoms with E-state index in [-0.39, 0.29) is 4.90 Å². The molecule has 0 unspecified atom stereocenters. The molecule has 23 heavy (non-hydrogen) atoms. The van der Waals surface area contributed by atoms with Gasteiger partial charge in [-0.2, -0.15) is 0 Å². The van der Waals surface area contributed by atoms with Gasteiger partial charge in [0.15, 0.2) is 0 Å². The highest BCUT2D eigenvalue weighted by atomic mass is 32.2. The minimum Gasteiger partial charge on any atom is -0.361 e. The van der Waals surface area contributed by atoms with E-state index < -0.39 is 15.9 Å². The molecule has 0 saturated heterocycles. The Morgan fingerprint density at radius 3 is 2.52 bits per heavy atom. The van der Waals surface area contributed by atoms with Crippen molar-refractivity contribution in [3.8, 4) is 0 Å². The number of carbonyl (C=O) groups is 1. The van der Waals surface area contributed by atoms with E-state index in [0.29, 0.717) is 17.5 Å². The fraction of sp³-hybridized carbons (Fsp3) is 0.0625. The zero-order valence-electron chi connectivity index (χ0n) is 12.1. The Morgan fingerprint density at radius 2 is 1.83 bits per heavy atom. The van der Waals surface area contributed by atoms with Gasteiger partial charge in [-0.3, -0.25) is 4.79 Å². The number of nitrogens with two attached hydrogens (primary N) is 1. The summed E-state index contributed by atoms with van der Waals surface area (Å²) in [6, 6.07) is 12.9. The number of fused-ring (bicyclic) bond motifs is 1. The zero-order valence-corrected chi connectivity index (χ0v) is 12.9. The number of benzene rings is 2. The molecule has 6 nitrogen and oxygen atoms in total. The molecule has 3 aromatic rings. The lowest BCUT2D eigenvalue weighted by atomic mass is 10.1. The maximum Gasteiger partial charge on any atom is 0.265 e. The third kappa shape index (κ3) is 2.96. The standard InChI is InChI=1S/C16H15N3O3S/c17-10-11-4-6-12(7-5-11)23(21,22)19-16(20)14-2-1-3-15-13(14)8-9-18-15/h1-9,18H,10,17H2,(H,19,20). The maximum absolute atomic E-state index is 12.3. The van der Waals surface area contributed by atoms with Crippen LogP contribution >= 0.6 is 0 Å². The highest BCUT2D eigenvalue weighted by molar-refractivity contribution is 7.90. The van der Waals surface area contributed by atoms with E-state index >= 15 is 0 Å². The van der Waals surface area contributed by atoms with E-state index in [9.17, 15) is 13.2 Å². The van der Waals surface area contributed by atoms with Crippen LogP contribution in [0.1, 0.15) is 15.9 Å². The van der Waals surface area contributed by atoms with Gasteiger partial charge in [-0.05, 0) is 35.9 Å². The molecule has 118 valence electrons. The molecule has 3 rings (SSSR count). The largest absolute Gasteiger partial charge is 0.361 e. The van der Waals surface area contributed by atoms with Gasteiger partial charge < -0.3 is 10.7 Å². The Balaban J connectivity index is 1.90. The van der Waals surface area contributed by atoms with E-state index in [1.54, 1.807) is 36.5 Å². The van der Waals surface area contributed by atoms with E-state index in [1.165, 1.54) is 12.1 Å². The molecule has 0 aliphatic carbocycles. The second-order valence-electron chi connectivity index (χ2n) is 5.03. The number of nitrogens with one attached hydrogen (secondary N) is 2. The molecule has 0 radical (unpaired) electrons. The summed E-state index contributed by atoms with van der Waals surface area (Å²) in [5.41, 5.74) is 7.36. The number of hydrogen-bond acceptors (Lipinski definition) is 4. The van der Waals surface area contributed by atoms with Crippen LogP contribution in [0.4, 0.5) is 0 Å². The highest BCUT2D eigenvalue weighted by Gasteiger charge is 2.20. The van der Waals surface area contributed by atoms with Crippen molar-refractivity contribution in [3.63, 3.8) is 0 Å². The molecule has 0 saturated carbocycles. The summed E-state index contributed by atoms with van der Waals surface area (Å²) in [5, 5.41) is 0.665. The minimum absolute atomic E-state index is 0.0179. The highest BCUT2D eigenvalue weighted by Crippen LogP contribution is 2.18. The first kappa shape index (κ1) is 15.3. The van der Waals surface area contributed by atoms with Crippen molar-refractivity contribution in [1.29, 1.82) is 0 Å². The molecular weight excluding hydrogens is 314 g/mol. The van der Waals surface area contributed by atoms with E-state index in [2.05, 4.69) is 9.71 Å². The fourth-order valence-corrected chi connectivity index (χ4v) is 3.29. The van der Waals surface area contributed by atoms with Gasteiger partial charge in [-0.15, -0.1) is 0 Å². The smallest absolute Gasteiger partial charge is 0.265 e. The zero-order chi connectivity index (χ0) is 16.4. The van der Waals surface area contributed by atoms with Crippen LogP contribution in [0.25, 0.3) is 10.9 Å². The first-order valence-corrected chi connectivity index (χ1v) is 8.42. The lowest BCUT2D eigenvalue weighted by molar-refractivity contribution is 0.0983. The van der Waals surface area contributed by atoms with Crippen LogP contribution in [0.2, 0.25) is 0 Å². The molecule has 0 fully saturated rings. The lowest BCUT2D eigenvalue weighted by Crippen LogP contribution is -2.30. The topological polar surface area (TPSA) is 105 Å². The second-order valence-corrected chi connectivity index (χ2v) is 6.71. The molecule has 1 amide bonds. The summed E-state index contributed by atoms with van der Waals surface area (Å²) >= 11 is 0. The summed E-state index contributed by atoms with van der Waals surface area (Å²) in [7, 11) is -3.93. The molecule has 7 heteroatoms. The summed E-state index contributed by atoms with van der Waals surface area (Å²) in [4.78, 5) is 15.3. The first-order valence-electron chi connectivity index (χ1n) is 6.93. The van der Waals surface area contributed by atoms with Gasteiger partial charge in [-0.25, -0.2) is 13.1 Å². The number of H-pyrrole nitrogens is 1. The fourth-order valence-electron chi connectivity index (χ4n) is 2.32. The van der Waals surface area contributed by atoms with Crippen molar-refractivity contribution in [1.82, 2.24) is 9.71 Å². The average Bonchev–Trinajstić information content (AvgIpc) is 3.03. The van der Waals surface area contributed by atoms with Crippen LogP contribution in [0.3, 0.4) is 0 Å². The van der Waals surface area contributed by atoms with Crippen LogP contribution in [-0.4, -0.2) is 19.3 Å². The normalized spacial score (nSPS) is 11.5. The molecular formula is C16H15N3O3S. The van der Waals surface area contributed by atoms with Gasteiger partial charge in [0, 0.05) is 29.2 Å². The monoisotopic (exact) mass is 329 g/mol. The lowest BCUT2D eigenvalue weighted by Gasteiger charge is -2.08. The van der Waals surface area contributed by atoms with Gasteiger partial charge >= 0.3 is 0 Å². The maximum atomic E-state index is 12.3. The predicted molar refractivity (Wildman–Crippen MR) is 87.3 cm³/mol. The van der Waals surface area contributed by atoms with Crippen LogP contribution in [0.15, 0.2) is 59.6 Å². The predicted octanol–water partition coefficient (Wildman–Crippen LogP) is 1.75. The van der Waals surface area contributed by atoms with Crippen molar-refractivity contribution in [2.45, 2.75) is 11.4 Å². The molecule has 0 atom stereocenters. The number of sulfonamides is 1. The number of carbonyl (C=O) groups excluding carboxylic acids is 1. The molecule has 0 aliphatic rings. The van der Waals surface area contributed by atoms with Gasteiger partial charge in [0.25, 0.3) is 15.9 Å². The van der Waals surface area contributed by atoms with Crippen molar-refractivity contribution in [3.05, 3.63) is 65.9 Å². The Bertz CT molecular complexity index is 960. The summed E-state index contributed by atoms with van der Waals surface area (Å²) in [5.74, 6) is -0.668. The van der Waals surface area contributed by atoms with Crippen LogP contribution in [0, 0.1) is 0 Å². The average molecular weight is 329 g/mol. The Labute approximate surface area is 133 Å². The van der Waals surface area contributed by atoms with Crippen LogP contribution in [0.5, 0.6) is 0 Å². The number of amides is 1. The molecule has 0 spiro atoms. The number of rotatable bonds is 4. The molecule has 2 aromatic carbocycles. The quantitative estimate of drug-likeness (QED) is 0.678. The number of aromatic amines is 1. The van der Waals surface area contributed by atoms with Crippen LogP contribution in [-0.2, 0) is 16.6 Å². The molecule has 4 N–H and O–H groups in total. The molecule has 1 heterocycles. The van der Waals surface area contributed by atoms with Crippen molar-refractivity contribution in [2.75, 3.05) is 0 Å². The minimum atomic E-state index is -3.93. The number of aromatic nitrogens is 1. The van der Waals surface area contributed by atoms with Gasteiger partial charge in [-0.1, -0.05) is 18.2 Å². The summed E-state index contributed by atoms with van der Waals surface area (Å²) in [6.07, 6.45) is 1.70. The SMILES string of the molecule is NCc1ccc(S(=O)(=O)NC(=O)c2cccc3[nH]ccc23)cc1. The Hall–Kier alpha value is -2.64. The third-order valence-electron chi connectivity index (χ3n) is 3.54. The third-order valence-corrected chi connectivity index (χ3v) is 4.88. The van der Waals surface area contributed by atoms with Crippen molar-refractivity contribution < 1.29 is 13.2 Å². The van der Waals surface area contributed by atoms with E-state index in [0.717, 1.165) is 11.1 Å². The van der Waals surface area contributed by atoms with E-state index in [4.69, 9.17) is 5.73 Å². The second kappa shape index (κ2) is 5.86. The number of hydrogen-bond donors (Lipinski definition) is 3. The summed E-state index contributed by atoms with van der Waals surface area (Å²) in [6.45, 7) is 0.322. The van der Waals surface area contributed by atoms with Crippen molar-refractivity contribution in [2.24, 2.45) is 5.73 Å². The Kier molecular flexibility index (Phi) is 3.89. The van der Waals surface area contributed by atoms with Gasteiger partial charge in [0.2, 0.25) is 0 Å².